The largest absolute Gasteiger partial charge is 0.394 e. The highest BCUT2D eigenvalue weighted by Gasteiger charge is 2.54. The summed E-state index contributed by atoms with van der Waals surface area (Å²) in [4.78, 5) is 12.0. The number of Topliss-reactive ketones (excluding diaryl/α,β-unsaturated/α-hetero) is 1. The van der Waals surface area contributed by atoms with Crippen LogP contribution in [0.15, 0.2) is 0 Å². The van der Waals surface area contributed by atoms with Gasteiger partial charge < -0.3 is 98.2 Å². The molecule has 0 amide bonds. The molecule has 0 radical (unpaired) electrons. The minimum absolute atomic E-state index is 0.00130. The first-order valence-corrected chi connectivity index (χ1v) is 16.2. The van der Waals surface area contributed by atoms with E-state index in [0.717, 1.165) is 0 Å². The van der Waals surface area contributed by atoms with Gasteiger partial charge in [0.15, 0.2) is 18.9 Å². The maximum absolute atomic E-state index is 12.0. The number of ether oxygens (including phenoxy) is 6. The van der Waals surface area contributed by atoms with E-state index >= 15 is 0 Å². The van der Waals surface area contributed by atoms with Crippen molar-refractivity contribution in [2.24, 2.45) is 34.6 Å². The molecular weight excluding hydrogens is 644 g/mol. The first kappa shape index (κ1) is 39.7. The van der Waals surface area contributed by atoms with Gasteiger partial charge in [0.25, 0.3) is 0 Å². The minimum atomic E-state index is -1.64. The molecule has 0 bridgehead atoms. The maximum Gasteiger partial charge on any atom is 0.187 e. The van der Waals surface area contributed by atoms with Crippen LogP contribution in [0.4, 0.5) is 0 Å². The van der Waals surface area contributed by atoms with Gasteiger partial charge in [0.05, 0.1) is 31.3 Å². The van der Waals surface area contributed by atoms with Crippen molar-refractivity contribution in [2.45, 2.75) is 137 Å². The Balaban J connectivity index is 1.46. The van der Waals surface area contributed by atoms with E-state index in [-0.39, 0.29) is 37.8 Å². The van der Waals surface area contributed by atoms with Crippen LogP contribution in [0.5, 0.6) is 0 Å². The van der Waals surface area contributed by atoms with Gasteiger partial charge in [0, 0.05) is 31.1 Å². The van der Waals surface area contributed by atoms with E-state index < -0.39 is 123 Å². The van der Waals surface area contributed by atoms with Gasteiger partial charge in [-0.25, -0.2) is 0 Å². The summed E-state index contributed by atoms with van der Waals surface area (Å²) in [6, 6.07) is -4.29. The number of nitrogens with one attached hydrogen (secondary N) is 1. The third-order valence-corrected chi connectivity index (χ3v) is 9.43. The Morgan fingerprint density at radius 3 is 1.79 bits per heavy atom. The monoisotopic (exact) mass is 698 g/mol. The summed E-state index contributed by atoms with van der Waals surface area (Å²) in [5.74, 6) is -0.290. The molecule has 0 aromatic rings. The van der Waals surface area contributed by atoms with Crippen molar-refractivity contribution in [3.05, 3.63) is 0 Å². The lowest BCUT2D eigenvalue weighted by atomic mass is 9.84. The molecule has 3 heterocycles. The van der Waals surface area contributed by atoms with Gasteiger partial charge in [-0.05, 0) is 6.42 Å². The van der Waals surface area contributed by atoms with Crippen LogP contribution in [0, 0.1) is 5.92 Å². The fourth-order valence-corrected chi connectivity index (χ4v) is 6.26. The molecule has 280 valence electrons. The smallest absolute Gasteiger partial charge is 0.187 e. The van der Waals surface area contributed by atoms with E-state index in [1.54, 1.807) is 13.8 Å². The van der Waals surface area contributed by atoms with E-state index in [1.807, 2.05) is 0 Å². The molecule has 48 heavy (non-hydrogen) atoms. The van der Waals surface area contributed by atoms with Crippen LogP contribution in [0.3, 0.4) is 0 Å². The first-order chi connectivity index (χ1) is 22.6. The third-order valence-electron chi connectivity index (χ3n) is 9.43. The fraction of sp³-hybridized carbons (Fsp3) is 0.964. The zero-order valence-electron chi connectivity index (χ0n) is 27.0. The summed E-state index contributed by atoms with van der Waals surface area (Å²) in [5, 5.41) is 77.1. The molecule has 4 aliphatic rings. The quantitative estimate of drug-likeness (QED) is 0.0849. The molecule has 0 aromatic heterocycles. The average molecular weight is 699 g/mol. The molecule has 0 unspecified atom stereocenters. The Morgan fingerprint density at radius 2 is 1.23 bits per heavy atom. The number of nitrogens with two attached hydrogens (primary N) is 5. The molecule has 20 nitrogen and oxygen atoms in total. The number of rotatable bonds is 13. The van der Waals surface area contributed by atoms with Crippen LogP contribution >= 0.6 is 0 Å². The molecule has 4 rings (SSSR count). The van der Waals surface area contributed by atoms with E-state index in [2.05, 4.69) is 5.32 Å². The van der Waals surface area contributed by atoms with Crippen LogP contribution in [0.25, 0.3) is 0 Å². The minimum Gasteiger partial charge on any atom is -0.394 e. The van der Waals surface area contributed by atoms with Crippen molar-refractivity contribution in [1.82, 2.24) is 5.32 Å². The van der Waals surface area contributed by atoms with Gasteiger partial charge >= 0.3 is 0 Å². The Labute approximate surface area is 277 Å². The second-order valence-electron chi connectivity index (χ2n) is 13.3. The Bertz CT molecular complexity index is 1040. The van der Waals surface area contributed by atoms with Crippen molar-refractivity contribution in [3.8, 4) is 0 Å². The summed E-state index contributed by atoms with van der Waals surface area (Å²) >= 11 is 0. The lowest BCUT2D eigenvalue weighted by molar-refractivity contribution is -0.307. The first-order valence-electron chi connectivity index (χ1n) is 16.2. The van der Waals surface area contributed by atoms with E-state index in [0.29, 0.717) is 0 Å². The second kappa shape index (κ2) is 17.0. The number of hydrogen-bond acceptors (Lipinski definition) is 20. The Morgan fingerprint density at radius 1 is 0.708 bits per heavy atom. The van der Waals surface area contributed by atoms with Crippen LogP contribution in [-0.2, 0) is 33.2 Å². The zero-order chi connectivity index (χ0) is 35.6. The number of aliphatic hydroxyl groups excluding tert-OH is 7. The Kier molecular flexibility index (Phi) is 14.0. The lowest BCUT2D eigenvalue weighted by Crippen LogP contribution is -2.68. The highest BCUT2D eigenvalue weighted by Crippen LogP contribution is 2.34. The zero-order valence-corrected chi connectivity index (χ0v) is 27.0. The van der Waals surface area contributed by atoms with Crippen molar-refractivity contribution < 1.29 is 69.0 Å². The van der Waals surface area contributed by atoms with Gasteiger partial charge in [0.1, 0.15) is 72.9 Å². The lowest BCUT2D eigenvalue weighted by Gasteiger charge is -2.47. The summed E-state index contributed by atoms with van der Waals surface area (Å²) in [6.45, 7) is 2.60. The molecule has 4 fully saturated rings. The van der Waals surface area contributed by atoms with Crippen molar-refractivity contribution >= 4 is 5.78 Å². The molecule has 19 atom stereocenters. The number of carbonyl (C=O) groups is 1. The van der Waals surface area contributed by atoms with Crippen LogP contribution < -0.4 is 34.0 Å². The predicted molar refractivity (Wildman–Crippen MR) is 162 cm³/mol. The topological polar surface area (TPSA) is 356 Å². The molecule has 1 saturated carbocycles. The molecule has 0 aromatic carbocycles. The average Bonchev–Trinajstić information content (AvgIpc) is 3.35. The van der Waals surface area contributed by atoms with E-state index in [4.69, 9.17) is 57.1 Å². The second-order valence-corrected chi connectivity index (χ2v) is 13.3. The van der Waals surface area contributed by atoms with E-state index in [1.165, 1.54) is 0 Å². The third kappa shape index (κ3) is 8.50. The highest BCUT2D eigenvalue weighted by atomic mass is 16.8. The molecule has 1 aliphatic carbocycles. The van der Waals surface area contributed by atoms with Crippen molar-refractivity contribution in [1.29, 1.82) is 0 Å². The summed E-state index contributed by atoms with van der Waals surface area (Å²) in [5.41, 5.74) is 30.3. The normalized spacial score (nSPS) is 48.6. The van der Waals surface area contributed by atoms with Gasteiger partial charge in [-0.3, -0.25) is 4.79 Å². The predicted octanol–water partition coefficient (Wildman–Crippen LogP) is -8.04. The molecule has 3 saturated heterocycles. The van der Waals surface area contributed by atoms with Crippen LogP contribution in [-0.4, -0.2) is 184 Å². The van der Waals surface area contributed by atoms with Gasteiger partial charge in [0.2, 0.25) is 0 Å². The number of hydrogen-bond donors (Lipinski definition) is 13. The molecule has 20 heteroatoms. The SMILES string of the molecule is CC(C)C(=O)CNC[C@@H]1O[C@H](O[C@H]2[C@@H](O)[C@H](O[C@@H]3[C@@H](O)[C@H](N)C[C@H](N)[C@H]3O[C@H]3O[C@H](CN)[C@@H](O)[C@H](O)[C@H]3N)O[C@@H]2CO)[C@H](N)[C@@H](O)[C@@H]1O. The number of ketones is 1. The highest BCUT2D eigenvalue weighted by molar-refractivity contribution is 5.82. The van der Waals surface area contributed by atoms with Gasteiger partial charge in [-0.1, -0.05) is 13.8 Å². The number of aliphatic hydroxyl groups is 7. The van der Waals surface area contributed by atoms with Crippen molar-refractivity contribution in [2.75, 3.05) is 26.2 Å². The Hall–Kier alpha value is -1.09. The standard InChI is InChI=1S/C28H54N6O14/c1-8(2)11(36)5-34-6-13-19(39)21(41)16(33)27(44-13)47-24-14(7-35)45-28(22(24)42)48-25-17(37)9(30)3-10(31)23(25)46-26-15(32)20(40)18(38)12(4-29)43-26/h8-10,12-28,34-35,37-42H,3-7,29-33H2,1-2H3/t9-,10+,12-,13+,14-,15-,16-,17+,18-,19-,20-,21-,22-,23-,24-,25-,26-,27-,28+/m1/s1. The van der Waals surface area contributed by atoms with E-state index in [9.17, 15) is 40.5 Å². The molecular formula is C28H54N6O14. The number of carbonyl (C=O) groups excluding carboxylic acids is 1. The maximum atomic E-state index is 12.0. The van der Waals surface area contributed by atoms with Crippen LogP contribution in [0.1, 0.15) is 20.3 Å². The molecule has 0 spiro atoms. The summed E-state index contributed by atoms with van der Waals surface area (Å²) in [6.07, 6.45) is -20.3. The molecule has 18 N–H and O–H groups in total. The summed E-state index contributed by atoms with van der Waals surface area (Å²) in [7, 11) is 0. The molecule has 3 aliphatic heterocycles. The van der Waals surface area contributed by atoms with Gasteiger partial charge in [-0.2, -0.15) is 0 Å². The summed E-state index contributed by atoms with van der Waals surface area (Å²) < 4.78 is 35.2. The fourth-order valence-electron chi connectivity index (χ4n) is 6.26. The van der Waals surface area contributed by atoms with Crippen LogP contribution in [0.2, 0.25) is 0 Å². The van der Waals surface area contributed by atoms with Crippen molar-refractivity contribution in [3.63, 3.8) is 0 Å². The van der Waals surface area contributed by atoms with Gasteiger partial charge in [-0.15, -0.1) is 0 Å².